The van der Waals surface area contributed by atoms with E-state index in [0.29, 0.717) is 39.0 Å². The zero-order chi connectivity index (χ0) is 21.2. The van der Waals surface area contributed by atoms with Crippen molar-refractivity contribution in [3.63, 3.8) is 0 Å². The van der Waals surface area contributed by atoms with E-state index in [1.807, 2.05) is 45.0 Å². The van der Waals surface area contributed by atoms with Crippen LogP contribution in [-0.2, 0) is 9.53 Å². The van der Waals surface area contributed by atoms with Crippen molar-refractivity contribution in [3.05, 3.63) is 34.3 Å². The molecule has 1 heterocycles. The molecule has 160 valence electrons. The van der Waals surface area contributed by atoms with Gasteiger partial charge >= 0.3 is 6.09 Å². The number of nitrogens with zero attached hydrogens (tertiary/aromatic N) is 2. The van der Waals surface area contributed by atoms with E-state index in [-0.39, 0.29) is 12.0 Å². The van der Waals surface area contributed by atoms with Gasteiger partial charge in [-0.15, -0.1) is 0 Å². The maximum absolute atomic E-state index is 13.5. The van der Waals surface area contributed by atoms with Crippen LogP contribution in [0.3, 0.4) is 0 Å². The zero-order valence-corrected chi connectivity index (χ0v) is 19.1. The number of hydrogen-bond acceptors (Lipinski definition) is 4. The summed E-state index contributed by atoms with van der Waals surface area (Å²) in [4.78, 5) is 29.2. The second kappa shape index (κ2) is 8.64. The second-order valence-corrected chi connectivity index (χ2v) is 10.0. The van der Waals surface area contributed by atoms with Gasteiger partial charge in [0, 0.05) is 30.7 Å². The summed E-state index contributed by atoms with van der Waals surface area (Å²) in [5, 5.41) is 11.3. The van der Waals surface area contributed by atoms with Gasteiger partial charge in [-0.2, -0.15) is 0 Å². The molecule has 1 aliphatic heterocycles. The molecule has 0 bridgehead atoms. The van der Waals surface area contributed by atoms with Crippen molar-refractivity contribution in [2.45, 2.75) is 63.6 Å². The molecular formula is C22H31BrN2O4. The molecular weight excluding hydrogens is 436 g/mol. The summed E-state index contributed by atoms with van der Waals surface area (Å²) in [6, 6.07) is 7.66. The number of carbonyl (C=O) groups excluding carboxylic acids is 2. The minimum Gasteiger partial charge on any atom is -0.444 e. The lowest BCUT2D eigenvalue weighted by Gasteiger charge is -2.40. The molecule has 1 aliphatic carbocycles. The van der Waals surface area contributed by atoms with Gasteiger partial charge < -0.3 is 19.6 Å². The van der Waals surface area contributed by atoms with Gasteiger partial charge in [0.1, 0.15) is 5.60 Å². The van der Waals surface area contributed by atoms with Crippen LogP contribution in [0, 0.1) is 0 Å². The van der Waals surface area contributed by atoms with Crippen LogP contribution in [0.25, 0.3) is 0 Å². The third-order valence-electron chi connectivity index (χ3n) is 5.68. The van der Waals surface area contributed by atoms with Crippen LogP contribution in [0.1, 0.15) is 57.9 Å². The summed E-state index contributed by atoms with van der Waals surface area (Å²) >= 11 is 3.48. The monoisotopic (exact) mass is 466 g/mol. The predicted octanol–water partition coefficient (Wildman–Crippen LogP) is 3.92. The van der Waals surface area contributed by atoms with Crippen LogP contribution in [0.2, 0.25) is 0 Å². The Balaban J connectivity index is 1.73. The van der Waals surface area contributed by atoms with E-state index in [1.165, 1.54) is 0 Å². The summed E-state index contributed by atoms with van der Waals surface area (Å²) in [5.41, 5.74) is -0.717. The highest BCUT2D eigenvalue weighted by Crippen LogP contribution is 2.43. The molecule has 3 rings (SSSR count). The molecule has 7 heteroatoms. The van der Waals surface area contributed by atoms with E-state index in [9.17, 15) is 14.7 Å². The molecule has 1 saturated heterocycles. The van der Waals surface area contributed by atoms with Crippen LogP contribution in [0.4, 0.5) is 4.79 Å². The first-order valence-corrected chi connectivity index (χ1v) is 11.1. The Labute approximate surface area is 181 Å². The van der Waals surface area contributed by atoms with Crippen LogP contribution in [0.5, 0.6) is 0 Å². The molecule has 1 aromatic rings. The predicted molar refractivity (Wildman–Crippen MR) is 115 cm³/mol. The van der Waals surface area contributed by atoms with Crippen molar-refractivity contribution in [2.75, 3.05) is 26.2 Å². The van der Waals surface area contributed by atoms with Gasteiger partial charge in [-0.25, -0.2) is 4.79 Å². The van der Waals surface area contributed by atoms with Crippen molar-refractivity contribution in [2.24, 2.45) is 0 Å². The number of halogens is 1. The van der Waals surface area contributed by atoms with E-state index in [4.69, 9.17) is 4.74 Å². The molecule has 1 aromatic carbocycles. The maximum Gasteiger partial charge on any atom is 0.410 e. The molecule has 0 radical (unpaired) electrons. The van der Waals surface area contributed by atoms with Gasteiger partial charge in [-0.3, -0.25) is 4.79 Å². The first-order chi connectivity index (χ1) is 13.6. The fourth-order valence-corrected chi connectivity index (χ4v) is 4.68. The molecule has 1 unspecified atom stereocenters. The number of rotatable bonds is 3. The maximum atomic E-state index is 13.5. The fourth-order valence-electron chi connectivity index (χ4n) is 4.26. The molecule has 2 aliphatic rings. The third kappa shape index (κ3) is 5.31. The minimum atomic E-state index is -1.01. The molecule has 1 atom stereocenters. The van der Waals surface area contributed by atoms with Crippen LogP contribution >= 0.6 is 15.9 Å². The number of aliphatic hydroxyl groups is 1. The second-order valence-electron chi connectivity index (χ2n) is 9.09. The summed E-state index contributed by atoms with van der Waals surface area (Å²) < 4.78 is 6.33. The molecule has 0 aromatic heterocycles. The van der Waals surface area contributed by atoms with E-state index in [1.54, 1.807) is 9.80 Å². The number of hydrogen-bond donors (Lipinski definition) is 1. The normalized spacial score (nSPS) is 20.4. The molecule has 1 saturated carbocycles. The van der Waals surface area contributed by atoms with Crippen molar-refractivity contribution in [3.8, 4) is 0 Å². The lowest BCUT2D eigenvalue weighted by molar-refractivity contribution is -0.141. The number of amides is 2. The third-order valence-corrected chi connectivity index (χ3v) is 6.17. The van der Waals surface area contributed by atoms with Crippen LogP contribution in [-0.4, -0.2) is 64.3 Å². The summed E-state index contributed by atoms with van der Waals surface area (Å²) in [6.45, 7) is 7.28. The summed E-state index contributed by atoms with van der Waals surface area (Å²) in [5.74, 6) is -0.646. The first kappa shape index (κ1) is 22.1. The highest BCUT2D eigenvalue weighted by atomic mass is 79.9. The molecule has 29 heavy (non-hydrogen) atoms. The average Bonchev–Trinajstić information content (AvgIpc) is 3.07. The lowest BCUT2D eigenvalue weighted by atomic mass is 9.79. The first-order valence-electron chi connectivity index (χ1n) is 10.3. The quantitative estimate of drug-likeness (QED) is 0.732. The van der Waals surface area contributed by atoms with Gasteiger partial charge in [-0.05, 0) is 51.3 Å². The van der Waals surface area contributed by atoms with E-state index in [0.717, 1.165) is 22.9 Å². The average molecular weight is 467 g/mol. The van der Waals surface area contributed by atoms with Crippen molar-refractivity contribution < 1.29 is 19.4 Å². The molecule has 2 fully saturated rings. The SMILES string of the molecule is CC(C)(C)OC(=O)N1CCN(C(=O)C(c2cccc(Br)c2)C2(O)CCCC2)CC1. The van der Waals surface area contributed by atoms with Gasteiger partial charge in [0.2, 0.25) is 5.91 Å². The molecule has 6 nitrogen and oxygen atoms in total. The lowest BCUT2D eigenvalue weighted by Crippen LogP contribution is -2.54. The highest BCUT2D eigenvalue weighted by molar-refractivity contribution is 9.10. The molecule has 0 spiro atoms. The van der Waals surface area contributed by atoms with Gasteiger partial charge in [-0.1, -0.05) is 40.9 Å². The smallest absolute Gasteiger partial charge is 0.410 e. The van der Waals surface area contributed by atoms with E-state index in [2.05, 4.69) is 15.9 Å². The number of benzene rings is 1. The van der Waals surface area contributed by atoms with Crippen LogP contribution in [0.15, 0.2) is 28.7 Å². The van der Waals surface area contributed by atoms with Gasteiger partial charge in [0.05, 0.1) is 11.5 Å². The summed E-state index contributed by atoms with van der Waals surface area (Å²) in [7, 11) is 0. The molecule has 1 N–H and O–H groups in total. The standard InChI is InChI=1S/C22H31BrN2O4/c1-21(2,3)29-20(27)25-13-11-24(12-14-25)19(26)18(22(28)9-4-5-10-22)16-7-6-8-17(23)15-16/h6-8,15,18,28H,4-5,9-14H2,1-3H3. The van der Waals surface area contributed by atoms with Gasteiger partial charge in [0.25, 0.3) is 0 Å². The van der Waals surface area contributed by atoms with Gasteiger partial charge in [0.15, 0.2) is 0 Å². The summed E-state index contributed by atoms with van der Waals surface area (Å²) in [6.07, 6.45) is 2.78. The number of ether oxygens (including phenoxy) is 1. The van der Waals surface area contributed by atoms with Crippen molar-refractivity contribution >= 4 is 27.9 Å². The Morgan fingerprint density at radius 3 is 2.24 bits per heavy atom. The largest absolute Gasteiger partial charge is 0.444 e. The highest BCUT2D eigenvalue weighted by Gasteiger charge is 2.46. The Bertz CT molecular complexity index is 747. The molecule has 2 amide bonds. The topological polar surface area (TPSA) is 70.1 Å². The Morgan fingerprint density at radius 1 is 1.10 bits per heavy atom. The van der Waals surface area contributed by atoms with E-state index < -0.39 is 17.1 Å². The van der Waals surface area contributed by atoms with Crippen LogP contribution < -0.4 is 0 Å². The minimum absolute atomic E-state index is 0.0589. The zero-order valence-electron chi connectivity index (χ0n) is 17.5. The number of piperazine rings is 1. The Morgan fingerprint density at radius 2 is 1.69 bits per heavy atom. The number of carbonyl (C=O) groups is 2. The van der Waals surface area contributed by atoms with Crippen molar-refractivity contribution in [1.82, 2.24) is 9.80 Å². The van der Waals surface area contributed by atoms with Crippen molar-refractivity contribution in [1.29, 1.82) is 0 Å². The van der Waals surface area contributed by atoms with E-state index >= 15 is 0 Å². The Kier molecular flexibility index (Phi) is 6.58. The fraction of sp³-hybridized carbons (Fsp3) is 0.636. The Hall–Kier alpha value is -1.60.